The smallest absolute Gasteiger partial charge is 0.254 e. The van der Waals surface area contributed by atoms with Crippen LogP contribution in [0.4, 0.5) is 0 Å². The number of halogens is 2. The van der Waals surface area contributed by atoms with Crippen molar-refractivity contribution in [2.24, 2.45) is 17.8 Å². The molecule has 2 saturated carbocycles. The summed E-state index contributed by atoms with van der Waals surface area (Å²) in [5, 5.41) is 0.918. The minimum atomic E-state index is -0.0728. The van der Waals surface area contributed by atoms with E-state index in [0.29, 0.717) is 53.6 Å². The van der Waals surface area contributed by atoms with E-state index in [1.165, 1.54) is 19.3 Å². The molecule has 3 aliphatic rings. The number of piperazine rings is 1. The van der Waals surface area contributed by atoms with Crippen molar-refractivity contribution in [1.82, 2.24) is 9.80 Å². The minimum absolute atomic E-state index is 0.0728. The molecule has 0 radical (unpaired) electrons. The van der Waals surface area contributed by atoms with Crippen molar-refractivity contribution in [2.45, 2.75) is 25.7 Å². The first-order valence-electron chi connectivity index (χ1n) is 9.05. The number of benzene rings is 1. The average Bonchev–Trinajstić information content (AvgIpc) is 3.23. The van der Waals surface area contributed by atoms with Gasteiger partial charge in [-0.3, -0.25) is 9.59 Å². The number of amides is 2. The quantitative estimate of drug-likeness (QED) is 0.784. The van der Waals surface area contributed by atoms with Gasteiger partial charge in [0.2, 0.25) is 5.91 Å². The summed E-state index contributed by atoms with van der Waals surface area (Å²) in [6.07, 6.45) is 4.84. The molecule has 1 aromatic rings. The molecule has 0 spiro atoms. The second-order valence-electron chi connectivity index (χ2n) is 7.56. The molecule has 4 nitrogen and oxygen atoms in total. The largest absolute Gasteiger partial charge is 0.339 e. The normalized spacial score (nSPS) is 28.5. The molecule has 0 unspecified atom stereocenters. The minimum Gasteiger partial charge on any atom is -0.339 e. The van der Waals surface area contributed by atoms with E-state index in [9.17, 15) is 9.59 Å². The molecule has 4 rings (SSSR count). The monoisotopic (exact) mass is 380 g/mol. The highest BCUT2D eigenvalue weighted by Crippen LogP contribution is 2.48. The maximum Gasteiger partial charge on any atom is 0.254 e. The second kappa shape index (κ2) is 6.81. The highest BCUT2D eigenvalue weighted by molar-refractivity contribution is 6.35. The first-order chi connectivity index (χ1) is 12.0. The molecule has 134 valence electrons. The third-order valence-corrected chi connectivity index (χ3v) is 6.48. The third kappa shape index (κ3) is 3.39. The number of rotatable bonds is 2. The Morgan fingerprint density at radius 2 is 1.52 bits per heavy atom. The van der Waals surface area contributed by atoms with E-state index in [-0.39, 0.29) is 11.8 Å². The van der Waals surface area contributed by atoms with Gasteiger partial charge in [0.25, 0.3) is 5.91 Å². The van der Waals surface area contributed by atoms with Crippen LogP contribution in [-0.4, -0.2) is 47.8 Å². The van der Waals surface area contributed by atoms with Crippen molar-refractivity contribution >= 4 is 35.0 Å². The lowest BCUT2D eigenvalue weighted by Gasteiger charge is -2.37. The molecular formula is C19H22Cl2N2O2. The fourth-order valence-corrected chi connectivity index (χ4v) is 5.30. The van der Waals surface area contributed by atoms with E-state index in [0.717, 1.165) is 12.3 Å². The summed E-state index contributed by atoms with van der Waals surface area (Å²) in [6, 6.07) is 4.90. The van der Waals surface area contributed by atoms with Gasteiger partial charge in [0.15, 0.2) is 0 Å². The summed E-state index contributed by atoms with van der Waals surface area (Å²) < 4.78 is 0. The van der Waals surface area contributed by atoms with Crippen molar-refractivity contribution < 1.29 is 9.59 Å². The van der Waals surface area contributed by atoms with Crippen LogP contribution >= 0.6 is 23.2 Å². The Labute approximate surface area is 158 Å². The molecule has 2 bridgehead atoms. The molecule has 6 heteroatoms. The van der Waals surface area contributed by atoms with Crippen molar-refractivity contribution in [3.05, 3.63) is 33.8 Å². The molecule has 3 atom stereocenters. The lowest BCUT2D eigenvalue weighted by atomic mass is 9.87. The van der Waals surface area contributed by atoms with Gasteiger partial charge in [-0.2, -0.15) is 0 Å². The van der Waals surface area contributed by atoms with Crippen molar-refractivity contribution in [1.29, 1.82) is 0 Å². The molecule has 25 heavy (non-hydrogen) atoms. The van der Waals surface area contributed by atoms with Gasteiger partial charge in [-0.25, -0.2) is 0 Å². The number of carbonyl (C=O) groups is 2. The summed E-state index contributed by atoms with van der Waals surface area (Å²) in [7, 11) is 0. The van der Waals surface area contributed by atoms with Gasteiger partial charge in [-0.05, 0) is 49.3 Å². The summed E-state index contributed by atoms with van der Waals surface area (Å²) in [6.45, 7) is 2.37. The summed E-state index contributed by atoms with van der Waals surface area (Å²) in [5.74, 6) is 1.84. The SMILES string of the molecule is O=C(c1cc(Cl)cc(Cl)c1)N1CCN(C(=O)[C@H]2C[C@@H]3CC[C@@H]2C3)CC1. The van der Waals surface area contributed by atoms with E-state index in [4.69, 9.17) is 23.2 Å². The predicted octanol–water partition coefficient (Wildman–Crippen LogP) is 3.71. The van der Waals surface area contributed by atoms with Gasteiger partial charge in [0, 0.05) is 47.7 Å². The van der Waals surface area contributed by atoms with Gasteiger partial charge in [-0.1, -0.05) is 29.6 Å². The molecule has 2 amide bonds. The van der Waals surface area contributed by atoms with Gasteiger partial charge in [0.1, 0.15) is 0 Å². The van der Waals surface area contributed by atoms with Crippen LogP contribution in [0.15, 0.2) is 18.2 Å². The molecule has 1 heterocycles. The number of hydrogen-bond acceptors (Lipinski definition) is 2. The molecular weight excluding hydrogens is 359 g/mol. The molecule has 1 saturated heterocycles. The number of fused-ring (bicyclic) bond motifs is 2. The summed E-state index contributed by atoms with van der Waals surface area (Å²) >= 11 is 12.0. The van der Waals surface area contributed by atoms with Gasteiger partial charge in [-0.15, -0.1) is 0 Å². The molecule has 3 fully saturated rings. The average molecular weight is 381 g/mol. The fourth-order valence-electron chi connectivity index (χ4n) is 4.77. The maximum atomic E-state index is 12.8. The van der Waals surface area contributed by atoms with Crippen LogP contribution in [0.3, 0.4) is 0 Å². The molecule has 0 N–H and O–H groups in total. The van der Waals surface area contributed by atoms with Gasteiger partial charge < -0.3 is 9.80 Å². The van der Waals surface area contributed by atoms with Crippen molar-refractivity contribution in [3.8, 4) is 0 Å². The molecule has 2 aliphatic carbocycles. The van der Waals surface area contributed by atoms with Crippen LogP contribution in [0.2, 0.25) is 10.0 Å². The third-order valence-electron chi connectivity index (χ3n) is 6.04. The Morgan fingerprint density at radius 3 is 2.08 bits per heavy atom. The predicted molar refractivity (Wildman–Crippen MR) is 97.9 cm³/mol. The maximum absolute atomic E-state index is 12.8. The van der Waals surface area contributed by atoms with E-state index in [1.807, 2.05) is 4.90 Å². The Bertz CT molecular complexity index is 680. The number of hydrogen-bond donors (Lipinski definition) is 0. The Hall–Kier alpha value is -1.26. The first kappa shape index (κ1) is 17.2. The second-order valence-corrected chi connectivity index (χ2v) is 8.43. The topological polar surface area (TPSA) is 40.6 Å². The summed E-state index contributed by atoms with van der Waals surface area (Å²) in [4.78, 5) is 29.2. The zero-order valence-corrected chi connectivity index (χ0v) is 15.6. The van der Waals surface area contributed by atoms with Gasteiger partial charge >= 0.3 is 0 Å². The lowest BCUT2D eigenvalue weighted by molar-refractivity contribution is -0.138. The van der Waals surface area contributed by atoms with Gasteiger partial charge in [0.05, 0.1) is 0 Å². The molecule has 1 aliphatic heterocycles. The number of carbonyl (C=O) groups excluding carboxylic acids is 2. The van der Waals surface area contributed by atoms with Crippen molar-refractivity contribution in [2.75, 3.05) is 26.2 Å². The highest BCUT2D eigenvalue weighted by atomic mass is 35.5. The highest BCUT2D eigenvalue weighted by Gasteiger charge is 2.44. The molecule has 1 aromatic carbocycles. The fraction of sp³-hybridized carbons (Fsp3) is 0.579. The standard InChI is InChI=1S/C19H22Cl2N2O2/c20-15-9-14(10-16(21)11-15)18(24)22-3-5-23(6-4-22)19(25)17-8-12-1-2-13(17)7-12/h9-13,17H,1-8H2/t12-,13-,17+/m1/s1. The van der Waals surface area contributed by atoms with Crippen LogP contribution in [0.1, 0.15) is 36.0 Å². The van der Waals surface area contributed by atoms with E-state index < -0.39 is 0 Å². The van der Waals surface area contributed by atoms with E-state index in [2.05, 4.69) is 0 Å². The summed E-state index contributed by atoms with van der Waals surface area (Å²) in [5.41, 5.74) is 0.505. The Morgan fingerprint density at radius 1 is 0.880 bits per heavy atom. The first-order valence-corrected chi connectivity index (χ1v) is 9.81. The zero-order valence-electron chi connectivity index (χ0n) is 14.1. The Kier molecular flexibility index (Phi) is 4.67. The zero-order chi connectivity index (χ0) is 17.6. The van der Waals surface area contributed by atoms with E-state index >= 15 is 0 Å². The molecule has 0 aromatic heterocycles. The van der Waals surface area contributed by atoms with Crippen LogP contribution in [0, 0.1) is 17.8 Å². The van der Waals surface area contributed by atoms with Crippen molar-refractivity contribution in [3.63, 3.8) is 0 Å². The lowest BCUT2D eigenvalue weighted by Crippen LogP contribution is -2.52. The van der Waals surface area contributed by atoms with Crippen LogP contribution in [0.25, 0.3) is 0 Å². The van der Waals surface area contributed by atoms with Crippen LogP contribution in [-0.2, 0) is 4.79 Å². The van der Waals surface area contributed by atoms with E-state index in [1.54, 1.807) is 23.1 Å². The van der Waals surface area contributed by atoms with Crippen LogP contribution in [0.5, 0.6) is 0 Å². The Balaban J connectivity index is 1.36. The van der Waals surface area contributed by atoms with Crippen LogP contribution < -0.4 is 0 Å². The number of nitrogens with zero attached hydrogens (tertiary/aromatic N) is 2.